The van der Waals surface area contributed by atoms with Crippen molar-refractivity contribution < 1.29 is 4.79 Å². The highest BCUT2D eigenvalue weighted by atomic mass is 32.1. The number of nitrogens with zero attached hydrogens (tertiary/aromatic N) is 4. The minimum absolute atomic E-state index is 0.151. The lowest BCUT2D eigenvalue weighted by Gasteiger charge is -2.28. The largest absolute Gasteiger partial charge is 0.332 e. The van der Waals surface area contributed by atoms with E-state index in [9.17, 15) is 4.79 Å². The number of hydrogen-bond donors (Lipinski definition) is 0. The lowest BCUT2D eigenvalue weighted by atomic mass is 10.0. The van der Waals surface area contributed by atoms with Gasteiger partial charge in [0.05, 0.1) is 22.8 Å². The van der Waals surface area contributed by atoms with Crippen LogP contribution >= 0.6 is 11.3 Å². The quantitative estimate of drug-likeness (QED) is 0.842. The van der Waals surface area contributed by atoms with Gasteiger partial charge in [-0.05, 0) is 57.6 Å². The van der Waals surface area contributed by atoms with Crippen molar-refractivity contribution in [3.63, 3.8) is 0 Å². The van der Waals surface area contributed by atoms with Gasteiger partial charge in [0.1, 0.15) is 0 Å². The number of likely N-dealkylation sites (tertiary alicyclic amines) is 1. The monoisotopic (exact) mass is 358 g/mol. The standard InChI is InChI=1S/C19H26N4OS/c1-14(2)23-17-13-22(19(24)18-6-5-11-25-18)10-7-15(17)16(20-23)12-21-8-3-4-9-21/h5-6,11,14H,3-4,7-10,12-13H2,1-2H3. The van der Waals surface area contributed by atoms with Crippen LogP contribution in [-0.4, -0.2) is 45.1 Å². The molecule has 134 valence electrons. The summed E-state index contributed by atoms with van der Waals surface area (Å²) in [4.78, 5) is 18.1. The van der Waals surface area contributed by atoms with Crippen LogP contribution in [0.1, 0.15) is 59.4 Å². The van der Waals surface area contributed by atoms with E-state index in [1.807, 2.05) is 22.4 Å². The van der Waals surface area contributed by atoms with E-state index in [1.165, 1.54) is 54.2 Å². The first-order valence-corrected chi connectivity index (χ1v) is 10.2. The van der Waals surface area contributed by atoms with Crippen LogP contribution in [0.2, 0.25) is 0 Å². The molecular formula is C19H26N4OS. The van der Waals surface area contributed by atoms with E-state index in [0.29, 0.717) is 12.6 Å². The predicted molar refractivity (Wildman–Crippen MR) is 99.9 cm³/mol. The fraction of sp³-hybridized carbons (Fsp3) is 0.579. The lowest BCUT2D eigenvalue weighted by Crippen LogP contribution is -2.36. The van der Waals surface area contributed by atoms with Crippen molar-refractivity contribution in [3.05, 3.63) is 39.3 Å². The summed E-state index contributed by atoms with van der Waals surface area (Å²) in [5, 5.41) is 6.92. The molecule has 1 fully saturated rings. The Balaban J connectivity index is 1.59. The van der Waals surface area contributed by atoms with Crippen molar-refractivity contribution in [2.45, 2.75) is 52.2 Å². The Bertz CT molecular complexity index is 744. The van der Waals surface area contributed by atoms with Gasteiger partial charge < -0.3 is 4.90 Å². The van der Waals surface area contributed by atoms with E-state index < -0.39 is 0 Å². The summed E-state index contributed by atoms with van der Waals surface area (Å²) in [6.07, 6.45) is 3.52. The van der Waals surface area contributed by atoms with Gasteiger partial charge in [-0.3, -0.25) is 14.4 Å². The zero-order valence-corrected chi connectivity index (χ0v) is 15.9. The molecule has 4 heterocycles. The molecule has 0 radical (unpaired) electrons. The minimum Gasteiger partial charge on any atom is -0.332 e. The van der Waals surface area contributed by atoms with Gasteiger partial charge in [-0.2, -0.15) is 5.10 Å². The predicted octanol–water partition coefficient (Wildman–Crippen LogP) is 3.32. The number of rotatable bonds is 4. The van der Waals surface area contributed by atoms with Crippen molar-refractivity contribution in [2.24, 2.45) is 0 Å². The zero-order valence-electron chi connectivity index (χ0n) is 15.1. The Morgan fingerprint density at radius 3 is 2.76 bits per heavy atom. The molecule has 0 saturated carbocycles. The molecule has 2 aliphatic rings. The molecule has 0 atom stereocenters. The smallest absolute Gasteiger partial charge is 0.264 e. The van der Waals surface area contributed by atoms with Crippen LogP contribution in [0, 0.1) is 0 Å². The van der Waals surface area contributed by atoms with Gasteiger partial charge in [-0.15, -0.1) is 11.3 Å². The molecule has 2 aromatic rings. The number of aromatic nitrogens is 2. The number of thiophene rings is 1. The van der Waals surface area contributed by atoms with Gasteiger partial charge in [-0.25, -0.2) is 0 Å². The number of carbonyl (C=O) groups is 1. The topological polar surface area (TPSA) is 41.4 Å². The van der Waals surface area contributed by atoms with E-state index >= 15 is 0 Å². The van der Waals surface area contributed by atoms with Gasteiger partial charge >= 0.3 is 0 Å². The molecule has 2 aliphatic heterocycles. The van der Waals surface area contributed by atoms with Crippen LogP contribution in [0.25, 0.3) is 0 Å². The molecule has 25 heavy (non-hydrogen) atoms. The molecule has 5 nitrogen and oxygen atoms in total. The fourth-order valence-electron chi connectivity index (χ4n) is 3.95. The van der Waals surface area contributed by atoms with Crippen LogP contribution in [0.15, 0.2) is 17.5 Å². The first-order valence-electron chi connectivity index (χ1n) is 9.27. The maximum absolute atomic E-state index is 12.7. The third-order valence-electron chi connectivity index (χ3n) is 5.25. The van der Waals surface area contributed by atoms with Gasteiger partial charge in [0.15, 0.2) is 0 Å². The summed E-state index contributed by atoms with van der Waals surface area (Å²) in [6.45, 7) is 9.15. The van der Waals surface area contributed by atoms with Gasteiger partial charge in [0.25, 0.3) is 5.91 Å². The van der Waals surface area contributed by atoms with Crippen molar-refractivity contribution in [3.8, 4) is 0 Å². The number of hydrogen-bond acceptors (Lipinski definition) is 4. The summed E-state index contributed by atoms with van der Waals surface area (Å²) in [7, 11) is 0. The molecule has 0 N–H and O–H groups in total. The lowest BCUT2D eigenvalue weighted by molar-refractivity contribution is 0.0733. The van der Waals surface area contributed by atoms with Crippen molar-refractivity contribution >= 4 is 17.2 Å². The highest BCUT2D eigenvalue weighted by Crippen LogP contribution is 2.28. The number of fused-ring (bicyclic) bond motifs is 1. The summed E-state index contributed by atoms with van der Waals surface area (Å²) < 4.78 is 2.15. The fourth-order valence-corrected chi connectivity index (χ4v) is 4.65. The normalized spacial score (nSPS) is 18.1. The first kappa shape index (κ1) is 16.8. The molecule has 0 aromatic carbocycles. The maximum Gasteiger partial charge on any atom is 0.264 e. The Morgan fingerprint density at radius 2 is 2.08 bits per heavy atom. The molecule has 1 amide bonds. The third kappa shape index (κ3) is 3.25. The second kappa shape index (κ2) is 6.92. The van der Waals surface area contributed by atoms with Crippen LogP contribution in [0.5, 0.6) is 0 Å². The Kier molecular flexibility index (Phi) is 4.65. The van der Waals surface area contributed by atoms with Crippen molar-refractivity contribution in [1.29, 1.82) is 0 Å². The van der Waals surface area contributed by atoms with Crippen molar-refractivity contribution in [2.75, 3.05) is 19.6 Å². The molecule has 0 bridgehead atoms. The Morgan fingerprint density at radius 1 is 1.28 bits per heavy atom. The molecular weight excluding hydrogens is 332 g/mol. The second-order valence-electron chi connectivity index (χ2n) is 7.35. The van der Waals surface area contributed by atoms with Crippen LogP contribution in [0.4, 0.5) is 0 Å². The van der Waals surface area contributed by atoms with Gasteiger partial charge in [0, 0.05) is 24.7 Å². The first-order chi connectivity index (χ1) is 12.1. The minimum atomic E-state index is 0.151. The number of carbonyl (C=O) groups excluding carboxylic acids is 1. The van der Waals surface area contributed by atoms with E-state index in [1.54, 1.807) is 0 Å². The molecule has 0 aliphatic carbocycles. The summed E-state index contributed by atoms with van der Waals surface area (Å²) >= 11 is 1.52. The van der Waals surface area contributed by atoms with Crippen LogP contribution in [0.3, 0.4) is 0 Å². The van der Waals surface area contributed by atoms with E-state index in [0.717, 1.165) is 24.4 Å². The Labute approximate surface area is 153 Å². The van der Waals surface area contributed by atoms with E-state index in [-0.39, 0.29) is 5.91 Å². The van der Waals surface area contributed by atoms with Crippen LogP contribution in [-0.2, 0) is 19.5 Å². The summed E-state index contributed by atoms with van der Waals surface area (Å²) in [5.74, 6) is 0.151. The molecule has 0 unspecified atom stereocenters. The zero-order chi connectivity index (χ0) is 17.4. The summed E-state index contributed by atoms with van der Waals surface area (Å²) in [5.41, 5.74) is 3.85. The van der Waals surface area contributed by atoms with Gasteiger partial charge in [-0.1, -0.05) is 6.07 Å². The second-order valence-corrected chi connectivity index (χ2v) is 8.30. The highest BCUT2D eigenvalue weighted by molar-refractivity contribution is 7.12. The molecule has 6 heteroatoms. The van der Waals surface area contributed by atoms with Gasteiger partial charge in [0.2, 0.25) is 0 Å². The van der Waals surface area contributed by atoms with Crippen LogP contribution < -0.4 is 0 Å². The molecule has 4 rings (SSSR count). The number of amides is 1. The highest BCUT2D eigenvalue weighted by Gasteiger charge is 2.29. The average molecular weight is 359 g/mol. The SMILES string of the molecule is CC(C)n1nc(CN2CCCC2)c2c1CN(C(=O)c1cccs1)CC2. The average Bonchev–Trinajstić information content (AvgIpc) is 3.35. The summed E-state index contributed by atoms with van der Waals surface area (Å²) in [6, 6.07) is 4.18. The third-order valence-corrected chi connectivity index (χ3v) is 6.11. The molecule has 2 aromatic heterocycles. The van der Waals surface area contributed by atoms with Crippen molar-refractivity contribution in [1.82, 2.24) is 19.6 Å². The molecule has 1 saturated heterocycles. The van der Waals surface area contributed by atoms with E-state index in [4.69, 9.17) is 5.10 Å². The van der Waals surface area contributed by atoms with E-state index in [2.05, 4.69) is 23.4 Å². The molecule has 0 spiro atoms. The Hall–Kier alpha value is -1.66. The maximum atomic E-state index is 12.7.